The van der Waals surface area contributed by atoms with E-state index < -0.39 is 61.2 Å². The molecule has 25 heavy (non-hydrogen) atoms. The molecule has 6 aliphatic heterocycles. The minimum absolute atomic E-state index is 0.311. The van der Waals surface area contributed by atoms with Crippen LogP contribution in [0.25, 0.3) is 0 Å². The average molecular weight is 364 g/mol. The molecule has 146 valence electrons. The van der Waals surface area contributed by atoms with E-state index >= 15 is 0 Å². The highest BCUT2D eigenvalue weighted by Crippen LogP contribution is 2.34. The summed E-state index contributed by atoms with van der Waals surface area (Å²) in [6, 6.07) is 0. The highest BCUT2D eigenvalue weighted by molar-refractivity contribution is 4.93. The molecule has 6 heterocycles. The van der Waals surface area contributed by atoms with Crippen LogP contribution in [0.3, 0.4) is 0 Å². The van der Waals surface area contributed by atoms with Crippen molar-refractivity contribution in [1.29, 1.82) is 0 Å². The minimum Gasteiger partial charge on any atom is -0.394 e. The zero-order chi connectivity index (χ0) is 18.1. The molecule has 0 aromatic heterocycles. The third-order valence-corrected chi connectivity index (χ3v) is 5.32. The predicted molar refractivity (Wildman–Crippen MR) is 82.3 cm³/mol. The molecule has 0 amide bonds. The zero-order valence-electron chi connectivity index (χ0n) is 14.2. The summed E-state index contributed by atoms with van der Waals surface area (Å²) in [5, 5.41) is 51.0. The number of aliphatic hydroxyl groups is 5. The lowest BCUT2D eigenvalue weighted by molar-refractivity contribution is -0.353. The lowest BCUT2D eigenvalue weighted by Crippen LogP contribution is -2.62. The van der Waals surface area contributed by atoms with Gasteiger partial charge in [0.05, 0.1) is 24.9 Å². The fourth-order valence-corrected chi connectivity index (χ4v) is 3.80. The van der Waals surface area contributed by atoms with Crippen LogP contribution in [0.4, 0.5) is 0 Å². The molecule has 9 nitrogen and oxygen atoms in total. The van der Waals surface area contributed by atoms with Gasteiger partial charge in [0.15, 0.2) is 12.6 Å². The van der Waals surface area contributed by atoms with Crippen LogP contribution in [0, 0.1) is 5.92 Å². The van der Waals surface area contributed by atoms with E-state index in [-0.39, 0.29) is 6.61 Å². The van der Waals surface area contributed by atoms with Gasteiger partial charge < -0.3 is 44.5 Å². The fraction of sp³-hybridized carbons (Fsp3) is 1.00. The van der Waals surface area contributed by atoms with Crippen molar-refractivity contribution in [3.05, 3.63) is 0 Å². The first-order valence-corrected chi connectivity index (χ1v) is 8.85. The van der Waals surface area contributed by atoms with Crippen molar-refractivity contribution in [2.75, 3.05) is 13.2 Å². The first-order chi connectivity index (χ1) is 11.9. The van der Waals surface area contributed by atoms with E-state index in [0.717, 1.165) is 0 Å². The summed E-state index contributed by atoms with van der Waals surface area (Å²) < 4.78 is 22.4. The van der Waals surface area contributed by atoms with Crippen LogP contribution in [0.15, 0.2) is 0 Å². The van der Waals surface area contributed by atoms with Crippen molar-refractivity contribution in [2.24, 2.45) is 5.92 Å². The van der Waals surface area contributed by atoms with Gasteiger partial charge in [-0.3, -0.25) is 0 Å². The molecular weight excluding hydrogens is 336 g/mol. The molecule has 0 spiro atoms. The molecule has 0 radical (unpaired) electrons. The van der Waals surface area contributed by atoms with Crippen molar-refractivity contribution in [3.63, 3.8) is 0 Å². The van der Waals surface area contributed by atoms with Crippen LogP contribution in [-0.4, -0.2) is 94.1 Å². The summed E-state index contributed by atoms with van der Waals surface area (Å²) in [5.41, 5.74) is 0. The summed E-state index contributed by atoms with van der Waals surface area (Å²) in [4.78, 5) is 0. The summed E-state index contributed by atoms with van der Waals surface area (Å²) in [6.45, 7) is 1.64. The lowest BCUT2D eigenvalue weighted by Gasteiger charge is -2.47. The quantitative estimate of drug-likeness (QED) is 0.361. The molecule has 9 heteroatoms. The first-order valence-electron chi connectivity index (χ1n) is 8.85. The molecular formula is C16H28O9. The Balaban J connectivity index is 1.84. The highest BCUT2D eigenvalue weighted by Gasteiger charge is 2.50. The van der Waals surface area contributed by atoms with Gasteiger partial charge in [-0.2, -0.15) is 0 Å². The summed E-state index contributed by atoms with van der Waals surface area (Å²) in [7, 11) is 0. The maximum Gasteiger partial charge on any atom is 0.187 e. The molecule has 6 aliphatic rings. The third-order valence-electron chi connectivity index (χ3n) is 5.32. The van der Waals surface area contributed by atoms with E-state index in [4.69, 9.17) is 18.9 Å². The van der Waals surface area contributed by atoms with Crippen molar-refractivity contribution in [3.8, 4) is 0 Å². The maximum absolute atomic E-state index is 10.4. The molecule has 6 saturated heterocycles. The Morgan fingerprint density at radius 1 is 0.840 bits per heavy atom. The highest BCUT2D eigenvalue weighted by atomic mass is 16.7. The second-order valence-corrected chi connectivity index (χ2v) is 7.03. The number of hydrogen-bond donors (Lipinski definition) is 5. The van der Waals surface area contributed by atoms with E-state index in [0.29, 0.717) is 25.9 Å². The fourth-order valence-electron chi connectivity index (χ4n) is 3.80. The number of hydrogen-bond acceptors (Lipinski definition) is 9. The van der Waals surface area contributed by atoms with E-state index in [2.05, 4.69) is 0 Å². The Kier molecular flexibility index (Phi) is 6.30. The third kappa shape index (κ3) is 3.85. The smallest absolute Gasteiger partial charge is 0.187 e. The Bertz CT molecular complexity index is 434. The van der Waals surface area contributed by atoms with Crippen LogP contribution in [-0.2, 0) is 18.9 Å². The van der Waals surface area contributed by atoms with Gasteiger partial charge in [-0.1, -0.05) is 6.42 Å². The molecule has 6 rings (SSSR count). The Labute approximate surface area is 146 Å². The summed E-state index contributed by atoms with van der Waals surface area (Å²) >= 11 is 0. The van der Waals surface area contributed by atoms with E-state index in [1.54, 1.807) is 6.92 Å². The summed E-state index contributed by atoms with van der Waals surface area (Å²) in [5.74, 6) is -0.427. The SMILES string of the molecule is CC1OC2OCCCCC3C(CO)OC(OC1C(O)C2O)C(O)C3O. The van der Waals surface area contributed by atoms with Gasteiger partial charge in [-0.05, 0) is 19.8 Å². The maximum atomic E-state index is 10.4. The van der Waals surface area contributed by atoms with Gasteiger partial charge >= 0.3 is 0 Å². The molecule has 4 bridgehead atoms. The normalized spacial score (nSPS) is 52.1. The number of rotatable bonds is 1. The number of aliphatic hydroxyl groups excluding tert-OH is 5. The Morgan fingerprint density at radius 2 is 1.56 bits per heavy atom. The van der Waals surface area contributed by atoms with Crippen LogP contribution >= 0.6 is 0 Å². The van der Waals surface area contributed by atoms with Crippen molar-refractivity contribution < 1.29 is 44.5 Å². The molecule has 5 N–H and O–H groups in total. The summed E-state index contributed by atoms with van der Waals surface area (Å²) in [6.07, 6.45) is -7.75. The molecule has 6 fully saturated rings. The second-order valence-electron chi connectivity index (χ2n) is 7.03. The van der Waals surface area contributed by atoms with E-state index in [1.165, 1.54) is 0 Å². The van der Waals surface area contributed by atoms with E-state index in [9.17, 15) is 25.5 Å². The molecule has 10 atom stereocenters. The molecule has 10 unspecified atom stereocenters. The van der Waals surface area contributed by atoms with Gasteiger partial charge in [0.1, 0.15) is 24.4 Å². The monoisotopic (exact) mass is 364 g/mol. The van der Waals surface area contributed by atoms with Crippen LogP contribution < -0.4 is 0 Å². The molecule has 0 saturated carbocycles. The topological polar surface area (TPSA) is 138 Å². The Hall–Kier alpha value is -0.360. The number of ether oxygens (including phenoxy) is 4. The van der Waals surface area contributed by atoms with Gasteiger partial charge in [-0.15, -0.1) is 0 Å². The van der Waals surface area contributed by atoms with E-state index in [1.807, 2.05) is 0 Å². The zero-order valence-corrected chi connectivity index (χ0v) is 14.2. The minimum atomic E-state index is -1.33. The van der Waals surface area contributed by atoms with Crippen molar-refractivity contribution in [1.82, 2.24) is 0 Å². The average Bonchev–Trinajstić information content (AvgIpc) is 2.60. The van der Waals surface area contributed by atoms with Crippen molar-refractivity contribution in [2.45, 2.75) is 81.5 Å². The second kappa shape index (κ2) is 8.12. The molecule has 0 aromatic rings. The standard InChI is InChI=1S/C16H28O9/c1-7-14-11(19)13(21)15(23-7)22-5-3-2-4-8-9(6-17)24-16(25-14)12(20)10(8)18/h7-21H,2-6H2,1H3. The Morgan fingerprint density at radius 3 is 2.28 bits per heavy atom. The van der Waals surface area contributed by atoms with Crippen LogP contribution in [0.2, 0.25) is 0 Å². The van der Waals surface area contributed by atoms with Gasteiger partial charge in [0.2, 0.25) is 0 Å². The van der Waals surface area contributed by atoms with Gasteiger partial charge in [0.25, 0.3) is 0 Å². The molecule has 0 aromatic carbocycles. The largest absolute Gasteiger partial charge is 0.394 e. The predicted octanol–water partition coefficient (Wildman–Crippen LogP) is -1.91. The van der Waals surface area contributed by atoms with Crippen molar-refractivity contribution >= 4 is 0 Å². The molecule has 0 aliphatic carbocycles. The lowest BCUT2D eigenvalue weighted by atomic mass is 9.85. The van der Waals surface area contributed by atoms with Crippen LogP contribution in [0.1, 0.15) is 26.2 Å². The van der Waals surface area contributed by atoms with Crippen LogP contribution in [0.5, 0.6) is 0 Å². The van der Waals surface area contributed by atoms with Gasteiger partial charge in [-0.25, -0.2) is 0 Å². The van der Waals surface area contributed by atoms with Gasteiger partial charge in [0, 0.05) is 12.5 Å². The first kappa shape index (κ1) is 19.4.